The number of H-pyrrole nitrogens is 1. The molecule has 0 amide bonds. The number of nitrogens with one attached hydrogen (secondary N) is 1. The highest BCUT2D eigenvalue weighted by Crippen LogP contribution is 2.14. The zero-order chi connectivity index (χ0) is 13.8. The highest BCUT2D eigenvalue weighted by atomic mass is 32.2. The van der Waals surface area contributed by atoms with Crippen molar-refractivity contribution in [2.45, 2.75) is 25.0 Å². The Labute approximate surface area is 116 Å². The molecule has 7 nitrogen and oxygen atoms in total. The van der Waals surface area contributed by atoms with Crippen LogP contribution in [0.15, 0.2) is 15.3 Å². The molecule has 0 aliphatic rings. The molecular formula is C10H12N4O3S2. The average molecular weight is 300 g/mol. The Morgan fingerprint density at radius 3 is 3.05 bits per heavy atom. The molecule has 0 aliphatic heterocycles. The summed E-state index contributed by atoms with van der Waals surface area (Å²) in [7, 11) is 0. The Hall–Kier alpha value is -1.61. The molecule has 2 aromatic rings. The van der Waals surface area contributed by atoms with Gasteiger partial charge in [0.1, 0.15) is 0 Å². The van der Waals surface area contributed by atoms with Crippen molar-refractivity contribution in [2.75, 3.05) is 5.75 Å². The molecule has 2 rings (SSSR count). The van der Waals surface area contributed by atoms with E-state index >= 15 is 0 Å². The molecule has 0 saturated heterocycles. The summed E-state index contributed by atoms with van der Waals surface area (Å²) in [5, 5.41) is 18.1. The summed E-state index contributed by atoms with van der Waals surface area (Å²) < 4.78 is 1.43. The zero-order valence-corrected chi connectivity index (χ0v) is 11.8. The Balaban J connectivity index is 2.04. The van der Waals surface area contributed by atoms with Crippen molar-refractivity contribution >= 4 is 29.1 Å². The van der Waals surface area contributed by atoms with Crippen LogP contribution in [0.3, 0.4) is 0 Å². The van der Waals surface area contributed by atoms with E-state index in [4.69, 9.17) is 5.11 Å². The lowest BCUT2D eigenvalue weighted by atomic mass is 10.3. The second-order valence-corrected chi connectivity index (χ2v) is 5.76. The minimum atomic E-state index is -0.942. The molecule has 0 aromatic carbocycles. The van der Waals surface area contributed by atoms with Gasteiger partial charge in [0.2, 0.25) is 0 Å². The Kier molecular flexibility index (Phi) is 4.38. The molecule has 0 aliphatic carbocycles. The van der Waals surface area contributed by atoms with E-state index in [1.165, 1.54) is 4.57 Å². The molecule has 0 unspecified atom stereocenters. The van der Waals surface area contributed by atoms with Gasteiger partial charge in [-0.05, 0) is 6.92 Å². The van der Waals surface area contributed by atoms with Gasteiger partial charge in [0, 0.05) is 18.3 Å². The standard InChI is InChI=1S/C10H12N4O3S2/c1-6-11-7(4-18-6)2-3-14-9(17)12-13-10(14)19-5-8(15)16/h4H,2-3,5H2,1H3,(H,12,17)(H,15,16). The van der Waals surface area contributed by atoms with E-state index in [0.29, 0.717) is 18.1 Å². The molecule has 0 bridgehead atoms. The summed E-state index contributed by atoms with van der Waals surface area (Å²) in [6, 6.07) is 0. The van der Waals surface area contributed by atoms with Crippen molar-refractivity contribution in [3.05, 3.63) is 26.6 Å². The minimum absolute atomic E-state index is 0.125. The third-order valence-electron chi connectivity index (χ3n) is 2.31. The molecule has 19 heavy (non-hydrogen) atoms. The van der Waals surface area contributed by atoms with Gasteiger partial charge in [-0.1, -0.05) is 11.8 Å². The minimum Gasteiger partial charge on any atom is -0.481 e. The maximum absolute atomic E-state index is 11.6. The first-order valence-electron chi connectivity index (χ1n) is 5.47. The number of rotatable bonds is 6. The van der Waals surface area contributed by atoms with E-state index in [1.54, 1.807) is 11.3 Å². The quantitative estimate of drug-likeness (QED) is 0.764. The molecule has 2 heterocycles. The lowest BCUT2D eigenvalue weighted by Gasteiger charge is -2.02. The van der Waals surface area contributed by atoms with Crippen molar-refractivity contribution in [1.82, 2.24) is 19.7 Å². The number of aromatic nitrogens is 4. The van der Waals surface area contributed by atoms with E-state index in [2.05, 4.69) is 15.2 Å². The summed E-state index contributed by atoms with van der Waals surface area (Å²) in [4.78, 5) is 26.4. The maximum atomic E-state index is 11.6. The number of aromatic amines is 1. The first kappa shape index (κ1) is 13.8. The third kappa shape index (κ3) is 3.67. The number of carboxylic acid groups (broad SMARTS) is 1. The van der Waals surface area contributed by atoms with Crippen LogP contribution in [0.5, 0.6) is 0 Å². The molecule has 2 aromatic heterocycles. The Morgan fingerprint density at radius 2 is 2.42 bits per heavy atom. The number of aryl methyl sites for hydroxylation is 2. The van der Waals surface area contributed by atoms with Gasteiger partial charge in [0.15, 0.2) is 5.16 Å². The molecule has 0 saturated carbocycles. The van der Waals surface area contributed by atoms with Crippen LogP contribution in [0.2, 0.25) is 0 Å². The fraction of sp³-hybridized carbons (Fsp3) is 0.400. The van der Waals surface area contributed by atoms with Crippen LogP contribution in [0.4, 0.5) is 0 Å². The predicted molar refractivity (Wildman–Crippen MR) is 71.8 cm³/mol. The number of hydrogen-bond acceptors (Lipinski definition) is 6. The summed E-state index contributed by atoms with van der Waals surface area (Å²) in [5.41, 5.74) is 0.588. The van der Waals surface area contributed by atoms with Crippen LogP contribution in [0.1, 0.15) is 10.7 Å². The molecule has 9 heteroatoms. The monoisotopic (exact) mass is 300 g/mol. The van der Waals surface area contributed by atoms with E-state index in [9.17, 15) is 9.59 Å². The summed E-state index contributed by atoms with van der Waals surface area (Å²) >= 11 is 2.58. The average Bonchev–Trinajstić information content (AvgIpc) is 2.91. The molecule has 0 radical (unpaired) electrons. The zero-order valence-electron chi connectivity index (χ0n) is 10.1. The number of thioether (sulfide) groups is 1. The molecular weight excluding hydrogens is 288 g/mol. The van der Waals surface area contributed by atoms with E-state index in [-0.39, 0.29) is 11.4 Å². The molecule has 102 valence electrons. The number of carbonyl (C=O) groups is 1. The van der Waals surface area contributed by atoms with Crippen molar-refractivity contribution in [2.24, 2.45) is 0 Å². The van der Waals surface area contributed by atoms with Crippen LogP contribution in [-0.2, 0) is 17.8 Å². The highest BCUT2D eigenvalue weighted by Gasteiger charge is 2.11. The largest absolute Gasteiger partial charge is 0.481 e. The van der Waals surface area contributed by atoms with Gasteiger partial charge in [-0.15, -0.1) is 16.4 Å². The molecule has 0 fully saturated rings. The van der Waals surface area contributed by atoms with Gasteiger partial charge < -0.3 is 5.11 Å². The summed E-state index contributed by atoms with van der Waals surface area (Å²) in [5.74, 6) is -1.07. The van der Waals surface area contributed by atoms with Gasteiger partial charge in [-0.3, -0.25) is 9.36 Å². The predicted octanol–water partition coefficient (Wildman–Crippen LogP) is 0.756. The van der Waals surface area contributed by atoms with E-state index in [0.717, 1.165) is 22.5 Å². The van der Waals surface area contributed by atoms with Crippen molar-refractivity contribution < 1.29 is 9.90 Å². The smallest absolute Gasteiger partial charge is 0.343 e. The van der Waals surface area contributed by atoms with Crippen LogP contribution < -0.4 is 5.69 Å². The fourth-order valence-corrected chi connectivity index (χ4v) is 2.83. The number of carboxylic acids is 1. The van der Waals surface area contributed by atoms with Gasteiger partial charge in [0.05, 0.1) is 16.5 Å². The Bertz CT molecular complexity index is 631. The lowest BCUT2D eigenvalue weighted by Crippen LogP contribution is -2.19. The van der Waals surface area contributed by atoms with Gasteiger partial charge in [0.25, 0.3) is 0 Å². The third-order valence-corrected chi connectivity index (χ3v) is 4.09. The number of hydrogen-bond donors (Lipinski definition) is 2. The number of nitrogens with zero attached hydrogens (tertiary/aromatic N) is 3. The molecule has 0 spiro atoms. The van der Waals surface area contributed by atoms with Gasteiger partial charge in [-0.2, -0.15) is 0 Å². The van der Waals surface area contributed by atoms with Crippen molar-refractivity contribution in [1.29, 1.82) is 0 Å². The fourth-order valence-electron chi connectivity index (χ4n) is 1.49. The Morgan fingerprint density at radius 1 is 1.63 bits per heavy atom. The first-order chi connectivity index (χ1) is 9.06. The molecule has 0 atom stereocenters. The number of thiazole rings is 1. The number of aliphatic carboxylic acids is 1. The second-order valence-electron chi connectivity index (χ2n) is 3.75. The van der Waals surface area contributed by atoms with Crippen LogP contribution >= 0.6 is 23.1 Å². The summed E-state index contributed by atoms with van der Waals surface area (Å²) in [6.07, 6.45) is 0.615. The molecule has 2 N–H and O–H groups in total. The van der Waals surface area contributed by atoms with Gasteiger partial charge >= 0.3 is 11.7 Å². The lowest BCUT2D eigenvalue weighted by molar-refractivity contribution is -0.133. The van der Waals surface area contributed by atoms with E-state index < -0.39 is 5.97 Å². The van der Waals surface area contributed by atoms with Crippen LogP contribution in [0.25, 0.3) is 0 Å². The van der Waals surface area contributed by atoms with Gasteiger partial charge in [-0.25, -0.2) is 14.9 Å². The van der Waals surface area contributed by atoms with Crippen molar-refractivity contribution in [3.63, 3.8) is 0 Å². The van der Waals surface area contributed by atoms with E-state index in [1.807, 2.05) is 12.3 Å². The second kappa shape index (κ2) is 6.02. The van der Waals surface area contributed by atoms with Crippen molar-refractivity contribution in [3.8, 4) is 0 Å². The topological polar surface area (TPSA) is 101 Å². The first-order valence-corrected chi connectivity index (χ1v) is 7.33. The normalized spacial score (nSPS) is 10.8. The highest BCUT2D eigenvalue weighted by molar-refractivity contribution is 7.99. The van der Waals surface area contributed by atoms with Crippen LogP contribution in [-0.4, -0.2) is 36.6 Å². The summed E-state index contributed by atoms with van der Waals surface area (Å²) in [6.45, 7) is 2.35. The SMILES string of the molecule is Cc1nc(CCn2c(SCC(=O)O)n[nH]c2=O)cs1. The van der Waals surface area contributed by atoms with Crippen LogP contribution in [0, 0.1) is 6.92 Å². The maximum Gasteiger partial charge on any atom is 0.343 e.